The first kappa shape index (κ1) is 15.5. The second kappa shape index (κ2) is 6.71. The molecule has 114 valence electrons. The number of nitro groups is 1. The number of para-hydroxylation sites is 1. The number of amides is 1. The maximum absolute atomic E-state index is 12.4. The van der Waals surface area contributed by atoms with Gasteiger partial charge in [0.1, 0.15) is 5.75 Å². The summed E-state index contributed by atoms with van der Waals surface area (Å²) in [5.41, 5.74) is 1.05. The molecule has 0 heterocycles. The van der Waals surface area contributed by atoms with Crippen LogP contribution in [0.3, 0.4) is 0 Å². The maximum atomic E-state index is 12.4. The highest BCUT2D eigenvalue weighted by Gasteiger charge is 2.16. The van der Waals surface area contributed by atoms with E-state index >= 15 is 0 Å². The van der Waals surface area contributed by atoms with E-state index in [9.17, 15) is 14.9 Å². The molecule has 0 bridgehead atoms. The van der Waals surface area contributed by atoms with E-state index in [1.54, 1.807) is 20.2 Å². The van der Waals surface area contributed by atoms with Crippen LogP contribution < -0.4 is 4.74 Å². The summed E-state index contributed by atoms with van der Waals surface area (Å²) in [7, 11) is 3.22. The fourth-order valence-electron chi connectivity index (χ4n) is 2.13. The van der Waals surface area contributed by atoms with Gasteiger partial charge < -0.3 is 9.64 Å². The molecule has 0 fully saturated rings. The van der Waals surface area contributed by atoms with Gasteiger partial charge in [0, 0.05) is 36.9 Å². The number of rotatable bonds is 5. The van der Waals surface area contributed by atoms with Gasteiger partial charge >= 0.3 is 0 Å². The fraction of sp³-hybridized carbons (Fsp3) is 0.188. The van der Waals surface area contributed by atoms with Crippen molar-refractivity contribution in [3.05, 3.63) is 69.8 Å². The van der Waals surface area contributed by atoms with E-state index in [-0.39, 0.29) is 17.2 Å². The number of nitrogens with zero attached hydrogens (tertiary/aromatic N) is 2. The topological polar surface area (TPSA) is 72.7 Å². The molecule has 0 N–H and O–H groups in total. The zero-order chi connectivity index (χ0) is 16.1. The summed E-state index contributed by atoms with van der Waals surface area (Å²) in [6, 6.07) is 13.1. The highest BCUT2D eigenvalue weighted by molar-refractivity contribution is 5.94. The first-order chi connectivity index (χ1) is 10.5. The van der Waals surface area contributed by atoms with Crippen molar-refractivity contribution in [2.45, 2.75) is 6.54 Å². The van der Waals surface area contributed by atoms with Crippen molar-refractivity contribution in [1.82, 2.24) is 4.90 Å². The van der Waals surface area contributed by atoms with Gasteiger partial charge in [0.25, 0.3) is 11.6 Å². The number of hydrogen-bond donors (Lipinski definition) is 0. The van der Waals surface area contributed by atoms with Crippen LogP contribution in [0, 0.1) is 10.1 Å². The lowest BCUT2D eigenvalue weighted by Gasteiger charge is -2.18. The molecule has 0 radical (unpaired) electrons. The summed E-state index contributed by atoms with van der Waals surface area (Å²) < 4.78 is 5.25. The Morgan fingerprint density at radius 1 is 1.23 bits per heavy atom. The van der Waals surface area contributed by atoms with Crippen molar-refractivity contribution in [2.24, 2.45) is 0 Å². The lowest BCUT2D eigenvalue weighted by Crippen LogP contribution is -2.26. The van der Waals surface area contributed by atoms with Gasteiger partial charge in [-0.3, -0.25) is 14.9 Å². The van der Waals surface area contributed by atoms with Crippen LogP contribution in [-0.2, 0) is 6.54 Å². The Balaban J connectivity index is 2.19. The Morgan fingerprint density at radius 2 is 1.95 bits per heavy atom. The first-order valence-electron chi connectivity index (χ1n) is 6.64. The third kappa shape index (κ3) is 3.41. The van der Waals surface area contributed by atoms with E-state index in [1.807, 2.05) is 24.3 Å². The van der Waals surface area contributed by atoms with Crippen molar-refractivity contribution in [3.8, 4) is 5.75 Å². The summed E-state index contributed by atoms with van der Waals surface area (Å²) in [6.45, 7) is 0.353. The number of methoxy groups -OCH3 is 1. The third-order valence-corrected chi connectivity index (χ3v) is 3.25. The fourth-order valence-corrected chi connectivity index (χ4v) is 2.13. The molecule has 2 aromatic carbocycles. The van der Waals surface area contributed by atoms with Crippen LogP contribution in [0.4, 0.5) is 5.69 Å². The number of hydrogen-bond acceptors (Lipinski definition) is 4. The van der Waals surface area contributed by atoms with Gasteiger partial charge in [-0.15, -0.1) is 0 Å². The second-order valence-electron chi connectivity index (χ2n) is 4.78. The average molecular weight is 300 g/mol. The molecule has 0 aromatic heterocycles. The summed E-state index contributed by atoms with van der Waals surface area (Å²) in [5.74, 6) is 0.413. The van der Waals surface area contributed by atoms with E-state index in [2.05, 4.69) is 0 Å². The molecule has 0 unspecified atom stereocenters. The Morgan fingerprint density at radius 3 is 2.64 bits per heavy atom. The molecule has 6 heteroatoms. The molecule has 1 amide bonds. The molecular weight excluding hydrogens is 284 g/mol. The Labute approximate surface area is 128 Å². The molecule has 0 saturated heterocycles. The van der Waals surface area contributed by atoms with Crippen LogP contribution >= 0.6 is 0 Å². The number of carbonyl (C=O) groups is 1. The standard InChI is InChI=1S/C16H16N2O4/c1-17(11-13-6-3-4-9-15(13)22-2)16(19)12-7-5-8-14(10-12)18(20)21/h3-10H,11H2,1-2H3. The third-order valence-electron chi connectivity index (χ3n) is 3.25. The van der Waals surface area contributed by atoms with Crippen molar-refractivity contribution in [3.63, 3.8) is 0 Å². The number of non-ortho nitro benzene ring substituents is 1. The Bertz CT molecular complexity index is 700. The van der Waals surface area contributed by atoms with E-state index in [1.165, 1.54) is 23.1 Å². The van der Waals surface area contributed by atoms with Gasteiger partial charge in [-0.1, -0.05) is 24.3 Å². The van der Waals surface area contributed by atoms with E-state index in [4.69, 9.17) is 4.74 Å². The number of carbonyl (C=O) groups excluding carboxylic acids is 1. The van der Waals surface area contributed by atoms with E-state index in [0.717, 1.165) is 5.56 Å². The molecule has 0 spiro atoms. The summed E-state index contributed by atoms with van der Waals surface area (Å²) >= 11 is 0. The van der Waals surface area contributed by atoms with Crippen LogP contribution in [0.2, 0.25) is 0 Å². The van der Waals surface area contributed by atoms with Crippen molar-refractivity contribution < 1.29 is 14.5 Å². The number of nitro benzene ring substituents is 1. The molecule has 0 atom stereocenters. The monoisotopic (exact) mass is 300 g/mol. The minimum Gasteiger partial charge on any atom is -0.496 e. The lowest BCUT2D eigenvalue weighted by atomic mass is 10.1. The largest absolute Gasteiger partial charge is 0.496 e. The van der Waals surface area contributed by atoms with Crippen molar-refractivity contribution in [2.75, 3.05) is 14.2 Å². The lowest BCUT2D eigenvalue weighted by molar-refractivity contribution is -0.384. The molecule has 2 rings (SSSR count). The van der Waals surface area contributed by atoms with Crippen LogP contribution in [0.25, 0.3) is 0 Å². The van der Waals surface area contributed by atoms with Gasteiger partial charge in [0.15, 0.2) is 0 Å². The first-order valence-corrected chi connectivity index (χ1v) is 6.64. The number of ether oxygens (including phenoxy) is 1. The summed E-state index contributed by atoms with van der Waals surface area (Å²) in [5, 5.41) is 10.8. The normalized spacial score (nSPS) is 10.1. The summed E-state index contributed by atoms with van der Waals surface area (Å²) in [4.78, 5) is 24.2. The van der Waals surface area contributed by atoms with Gasteiger partial charge in [-0.2, -0.15) is 0 Å². The minimum atomic E-state index is -0.517. The maximum Gasteiger partial charge on any atom is 0.270 e. The smallest absolute Gasteiger partial charge is 0.270 e. The minimum absolute atomic E-state index is 0.100. The van der Waals surface area contributed by atoms with E-state index in [0.29, 0.717) is 12.3 Å². The van der Waals surface area contributed by atoms with Crippen molar-refractivity contribution >= 4 is 11.6 Å². The second-order valence-corrected chi connectivity index (χ2v) is 4.78. The molecule has 0 aliphatic heterocycles. The molecule has 6 nitrogen and oxygen atoms in total. The van der Waals surface area contributed by atoms with Gasteiger partial charge in [-0.05, 0) is 12.1 Å². The molecule has 2 aromatic rings. The quantitative estimate of drug-likeness (QED) is 0.628. The average Bonchev–Trinajstić information content (AvgIpc) is 2.54. The molecule has 0 saturated carbocycles. The van der Waals surface area contributed by atoms with Crippen molar-refractivity contribution in [1.29, 1.82) is 0 Å². The van der Waals surface area contributed by atoms with Crippen LogP contribution in [-0.4, -0.2) is 29.9 Å². The molecule has 0 aliphatic rings. The number of benzene rings is 2. The Kier molecular flexibility index (Phi) is 4.73. The summed E-state index contributed by atoms with van der Waals surface area (Å²) in [6.07, 6.45) is 0. The molecular formula is C16H16N2O4. The Hall–Kier alpha value is -2.89. The zero-order valence-corrected chi connectivity index (χ0v) is 12.4. The predicted octanol–water partition coefficient (Wildman–Crippen LogP) is 2.88. The molecule has 22 heavy (non-hydrogen) atoms. The van der Waals surface area contributed by atoms with Gasteiger partial charge in [0.2, 0.25) is 0 Å². The SMILES string of the molecule is COc1ccccc1CN(C)C(=O)c1cccc([N+](=O)[O-])c1. The highest BCUT2D eigenvalue weighted by atomic mass is 16.6. The predicted molar refractivity (Wildman–Crippen MR) is 81.9 cm³/mol. The van der Waals surface area contributed by atoms with Crippen LogP contribution in [0.15, 0.2) is 48.5 Å². The van der Waals surface area contributed by atoms with Crippen LogP contribution in [0.5, 0.6) is 5.75 Å². The van der Waals surface area contributed by atoms with E-state index < -0.39 is 4.92 Å². The zero-order valence-electron chi connectivity index (χ0n) is 12.4. The highest BCUT2D eigenvalue weighted by Crippen LogP contribution is 2.20. The van der Waals surface area contributed by atoms with Crippen LogP contribution in [0.1, 0.15) is 15.9 Å². The van der Waals surface area contributed by atoms with Gasteiger partial charge in [-0.25, -0.2) is 0 Å². The molecule has 0 aliphatic carbocycles. The van der Waals surface area contributed by atoms with Gasteiger partial charge in [0.05, 0.1) is 12.0 Å².